The molecule has 1 nitrogen and oxygen atoms in total. The van der Waals surface area contributed by atoms with Gasteiger partial charge in [-0.3, -0.25) is 0 Å². The van der Waals surface area contributed by atoms with Crippen LogP contribution in [0.5, 0.6) is 11.5 Å². The zero-order chi connectivity index (χ0) is 12.1. The number of ether oxygens (including phenoxy) is 1. The number of rotatable bonds is 4. The van der Waals surface area contributed by atoms with E-state index >= 15 is 0 Å². The molecular weight excluding hydrogens is 252 g/mol. The molecule has 0 saturated carbocycles. The van der Waals surface area contributed by atoms with Crippen LogP contribution in [0.4, 0.5) is 0 Å². The van der Waals surface area contributed by atoms with Gasteiger partial charge in [-0.25, -0.2) is 0 Å². The van der Waals surface area contributed by atoms with Crippen LogP contribution in [-0.2, 0) is 5.88 Å². The summed E-state index contributed by atoms with van der Waals surface area (Å²) in [6, 6.07) is 15.8. The fraction of sp³-hybridized carbons (Fsp3) is 0.143. The molecule has 0 aliphatic heterocycles. The summed E-state index contributed by atoms with van der Waals surface area (Å²) in [4.78, 5) is 1.23. The first-order chi connectivity index (χ1) is 8.31. The first-order valence-corrected chi connectivity index (χ1v) is 7.04. The molecule has 2 aromatic rings. The highest BCUT2D eigenvalue weighted by Gasteiger charge is 1.98. The molecule has 0 saturated heterocycles. The van der Waals surface area contributed by atoms with Crippen LogP contribution in [0.1, 0.15) is 5.56 Å². The van der Waals surface area contributed by atoms with Crippen LogP contribution in [0.15, 0.2) is 53.4 Å². The van der Waals surface area contributed by atoms with E-state index in [1.54, 1.807) is 11.8 Å². The van der Waals surface area contributed by atoms with E-state index in [0.29, 0.717) is 5.88 Å². The van der Waals surface area contributed by atoms with Crippen molar-refractivity contribution in [2.45, 2.75) is 10.8 Å². The third-order valence-electron chi connectivity index (χ3n) is 2.37. The Kier molecular flexibility index (Phi) is 4.35. The fourth-order valence-electron chi connectivity index (χ4n) is 1.43. The zero-order valence-electron chi connectivity index (χ0n) is 9.52. The van der Waals surface area contributed by atoms with Gasteiger partial charge in [-0.15, -0.1) is 23.4 Å². The van der Waals surface area contributed by atoms with Crippen LogP contribution in [0.3, 0.4) is 0 Å². The molecule has 0 bridgehead atoms. The largest absolute Gasteiger partial charge is 0.457 e. The summed E-state index contributed by atoms with van der Waals surface area (Å²) < 4.78 is 5.72. The molecule has 0 amide bonds. The summed E-state index contributed by atoms with van der Waals surface area (Å²) in [7, 11) is 0. The quantitative estimate of drug-likeness (QED) is 0.571. The summed E-state index contributed by atoms with van der Waals surface area (Å²) >= 11 is 7.45. The highest BCUT2D eigenvalue weighted by Crippen LogP contribution is 2.24. The second-order valence-corrected chi connectivity index (χ2v) is 4.70. The minimum Gasteiger partial charge on any atom is -0.457 e. The fourth-order valence-corrected chi connectivity index (χ4v) is 2.01. The van der Waals surface area contributed by atoms with Gasteiger partial charge in [-0.1, -0.05) is 12.1 Å². The molecular formula is C14H13ClOS. The van der Waals surface area contributed by atoms with Gasteiger partial charge in [0.1, 0.15) is 11.5 Å². The molecule has 0 atom stereocenters. The van der Waals surface area contributed by atoms with Gasteiger partial charge in [-0.2, -0.15) is 0 Å². The zero-order valence-corrected chi connectivity index (χ0v) is 11.1. The Hall–Kier alpha value is -1.12. The van der Waals surface area contributed by atoms with Gasteiger partial charge >= 0.3 is 0 Å². The van der Waals surface area contributed by atoms with Crippen molar-refractivity contribution < 1.29 is 4.74 Å². The van der Waals surface area contributed by atoms with Gasteiger partial charge < -0.3 is 4.74 Å². The standard InChI is InChI=1S/C14H13ClOS/c1-17-14-8-6-13(7-9-14)16-12-4-2-11(10-15)3-5-12/h2-9H,10H2,1H3. The Morgan fingerprint density at radius 1 is 0.941 bits per heavy atom. The number of halogens is 1. The van der Waals surface area contributed by atoms with Crippen LogP contribution >= 0.6 is 23.4 Å². The van der Waals surface area contributed by atoms with Crippen molar-refractivity contribution in [3.8, 4) is 11.5 Å². The lowest BCUT2D eigenvalue weighted by molar-refractivity contribution is 0.482. The predicted octanol–water partition coefficient (Wildman–Crippen LogP) is 4.94. The Balaban J connectivity index is 2.08. The van der Waals surface area contributed by atoms with Crippen LogP contribution in [0.2, 0.25) is 0 Å². The molecule has 0 aromatic heterocycles. The topological polar surface area (TPSA) is 9.23 Å². The van der Waals surface area contributed by atoms with Crippen LogP contribution < -0.4 is 4.74 Å². The van der Waals surface area contributed by atoms with E-state index in [9.17, 15) is 0 Å². The van der Waals surface area contributed by atoms with E-state index in [1.165, 1.54) is 4.90 Å². The maximum atomic E-state index is 5.73. The lowest BCUT2D eigenvalue weighted by atomic mass is 10.2. The number of hydrogen-bond acceptors (Lipinski definition) is 2. The van der Waals surface area contributed by atoms with Crippen molar-refractivity contribution in [2.75, 3.05) is 6.26 Å². The average molecular weight is 265 g/mol. The molecule has 0 radical (unpaired) electrons. The van der Waals surface area contributed by atoms with Crippen molar-refractivity contribution in [2.24, 2.45) is 0 Å². The van der Waals surface area contributed by atoms with E-state index in [1.807, 2.05) is 48.5 Å². The Bertz CT molecular complexity index is 419. The maximum absolute atomic E-state index is 5.73. The minimum absolute atomic E-state index is 0.530. The van der Waals surface area contributed by atoms with Gasteiger partial charge in [-0.05, 0) is 48.2 Å². The number of thioether (sulfide) groups is 1. The second-order valence-electron chi connectivity index (χ2n) is 3.56. The van der Waals surface area contributed by atoms with Gasteiger partial charge in [0.2, 0.25) is 0 Å². The maximum Gasteiger partial charge on any atom is 0.127 e. The summed E-state index contributed by atoms with van der Waals surface area (Å²) in [5.41, 5.74) is 1.09. The Morgan fingerprint density at radius 3 is 1.94 bits per heavy atom. The molecule has 88 valence electrons. The van der Waals surface area contributed by atoms with Gasteiger partial charge in [0.05, 0.1) is 0 Å². The van der Waals surface area contributed by atoms with Crippen LogP contribution in [-0.4, -0.2) is 6.26 Å². The van der Waals surface area contributed by atoms with E-state index < -0.39 is 0 Å². The molecule has 2 rings (SSSR count). The SMILES string of the molecule is CSc1ccc(Oc2ccc(CCl)cc2)cc1. The van der Waals surface area contributed by atoms with E-state index in [4.69, 9.17) is 16.3 Å². The number of hydrogen-bond donors (Lipinski definition) is 0. The predicted molar refractivity (Wildman–Crippen MR) is 74.3 cm³/mol. The first-order valence-electron chi connectivity index (χ1n) is 5.28. The minimum atomic E-state index is 0.530. The van der Waals surface area contributed by atoms with Crippen LogP contribution in [0, 0.1) is 0 Å². The van der Waals surface area contributed by atoms with Gasteiger partial charge in [0.15, 0.2) is 0 Å². The van der Waals surface area contributed by atoms with Gasteiger partial charge in [0, 0.05) is 10.8 Å². The second kappa shape index (κ2) is 5.99. The van der Waals surface area contributed by atoms with E-state index in [2.05, 4.69) is 6.26 Å². The summed E-state index contributed by atoms with van der Waals surface area (Å²) in [6.45, 7) is 0. The van der Waals surface area contributed by atoms with Crippen LogP contribution in [0.25, 0.3) is 0 Å². The normalized spacial score (nSPS) is 10.2. The molecule has 0 unspecified atom stereocenters. The third kappa shape index (κ3) is 3.42. The smallest absolute Gasteiger partial charge is 0.127 e. The van der Waals surface area contributed by atoms with Crippen molar-refractivity contribution in [3.05, 3.63) is 54.1 Å². The summed E-state index contributed by atoms with van der Waals surface area (Å²) in [5, 5.41) is 0. The molecule has 0 N–H and O–H groups in total. The third-order valence-corrected chi connectivity index (χ3v) is 3.42. The summed E-state index contributed by atoms with van der Waals surface area (Å²) in [5.74, 6) is 2.21. The molecule has 3 heteroatoms. The monoisotopic (exact) mass is 264 g/mol. The molecule has 2 aromatic carbocycles. The molecule has 0 spiro atoms. The highest BCUT2D eigenvalue weighted by molar-refractivity contribution is 7.98. The Labute approximate surface area is 111 Å². The molecule has 0 heterocycles. The molecule has 17 heavy (non-hydrogen) atoms. The van der Waals surface area contributed by atoms with E-state index in [-0.39, 0.29) is 0 Å². The number of benzene rings is 2. The van der Waals surface area contributed by atoms with Crippen molar-refractivity contribution in [1.82, 2.24) is 0 Å². The summed E-state index contributed by atoms with van der Waals surface area (Å²) in [6.07, 6.45) is 2.06. The lowest BCUT2D eigenvalue weighted by Gasteiger charge is -2.06. The van der Waals surface area contributed by atoms with Crippen molar-refractivity contribution in [1.29, 1.82) is 0 Å². The highest BCUT2D eigenvalue weighted by atomic mass is 35.5. The van der Waals surface area contributed by atoms with E-state index in [0.717, 1.165) is 17.1 Å². The molecule has 0 aliphatic carbocycles. The first kappa shape index (κ1) is 12.3. The van der Waals surface area contributed by atoms with Gasteiger partial charge in [0.25, 0.3) is 0 Å². The number of alkyl halides is 1. The van der Waals surface area contributed by atoms with Crippen molar-refractivity contribution in [3.63, 3.8) is 0 Å². The molecule has 0 aliphatic rings. The Morgan fingerprint density at radius 2 is 1.47 bits per heavy atom. The molecule has 0 fully saturated rings. The lowest BCUT2D eigenvalue weighted by Crippen LogP contribution is -1.84. The van der Waals surface area contributed by atoms with Crippen molar-refractivity contribution >= 4 is 23.4 Å². The average Bonchev–Trinajstić information content (AvgIpc) is 2.40.